The molecule has 0 amide bonds. The monoisotopic (exact) mass is 331 g/mol. The Morgan fingerprint density at radius 3 is 2.25 bits per heavy atom. The molecule has 0 bridgehead atoms. The molecule has 1 unspecified atom stereocenters. The molecule has 2 rings (SSSR count). The molecule has 106 valence electrons. The number of rotatable bonds is 5. The zero-order valence-electron chi connectivity index (χ0n) is 12.4. The van der Waals surface area contributed by atoms with Crippen molar-refractivity contribution in [3.8, 4) is 0 Å². The Balaban J connectivity index is 2.38. The quantitative estimate of drug-likeness (QED) is 0.798. The average Bonchev–Trinajstić information content (AvgIpc) is 2.42. The van der Waals surface area contributed by atoms with Crippen LogP contribution in [0.3, 0.4) is 0 Å². The topological polar surface area (TPSA) is 12.0 Å². The lowest BCUT2D eigenvalue weighted by atomic mass is 9.97. The Hall–Kier alpha value is -1.12. The van der Waals surface area contributed by atoms with Crippen LogP contribution in [0.5, 0.6) is 0 Å². The maximum Gasteiger partial charge on any atom is 0.0587 e. The summed E-state index contributed by atoms with van der Waals surface area (Å²) in [4.78, 5) is 0. The first-order chi connectivity index (χ1) is 9.61. The van der Waals surface area contributed by atoms with Crippen LogP contribution in [0.4, 0.5) is 0 Å². The van der Waals surface area contributed by atoms with Crippen molar-refractivity contribution in [1.29, 1.82) is 0 Å². The summed E-state index contributed by atoms with van der Waals surface area (Å²) in [5, 5.41) is 3.65. The summed E-state index contributed by atoms with van der Waals surface area (Å²) in [5.41, 5.74) is 5.19. The van der Waals surface area contributed by atoms with Gasteiger partial charge < -0.3 is 5.32 Å². The van der Waals surface area contributed by atoms with E-state index in [0.717, 1.165) is 13.0 Å². The number of halogens is 1. The molecule has 0 aromatic heterocycles. The Bertz CT molecular complexity index is 560. The van der Waals surface area contributed by atoms with Crippen LogP contribution in [-0.4, -0.2) is 6.54 Å². The minimum absolute atomic E-state index is 0.241. The highest BCUT2D eigenvalue weighted by Crippen LogP contribution is 2.29. The van der Waals surface area contributed by atoms with Crippen molar-refractivity contribution in [2.75, 3.05) is 6.54 Å². The van der Waals surface area contributed by atoms with Crippen LogP contribution < -0.4 is 5.32 Å². The van der Waals surface area contributed by atoms with E-state index in [1.165, 1.54) is 26.7 Å². The molecule has 0 heterocycles. The molecule has 0 aliphatic rings. The third-order valence-corrected chi connectivity index (χ3v) is 4.16. The first-order valence-corrected chi connectivity index (χ1v) is 7.97. The Labute approximate surface area is 130 Å². The average molecular weight is 332 g/mol. The smallest absolute Gasteiger partial charge is 0.0587 e. The van der Waals surface area contributed by atoms with Gasteiger partial charge in [0, 0.05) is 4.47 Å². The number of nitrogens with one attached hydrogen (secondary N) is 1. The Kier molecular flexibility index (Phi) is 5.38. The molecule has 1 atom stereocenters. The van der Waals surface area contributed by atoms with Gasteiger partial charge in [-0.15, -0.1) is 0 Å². The van der Waals surface area contributed by atoms with Crippen LogP contribution in [0, 0.1) is 13.8 Å². The predicted octanol–water partition coefficient (Wildman–Crippen LogP) is 5.15. The second-order valence-corrected chi connectivity index (χ2v) is 6.18. The van der Waals surface area contributed by atoms with E-state index in [9.17, 15) is 0 Å². The molecule has 0 saturated heterocycles. The molecule has 0 aliphatic heterocycles. The summed E-state index contributed by atoms with van der Waals surface area (Å²) in [7, 11) is 0. The van der Waals surface area contributed by atoms with Crippen LogP contribution >= 0.6 is 15.9 Å². The third-order valence-electron chi connectivity index (χ3n) is 3.48. The van der Waals surface area contributed by atoms with E-state index in [1.54, 1.807) is 0 Å². The van der Waals surface area contributed by atoms with E-state index in [0.29, 0.717) is 0 Å². The molecule has 20 heavy (non-hydrogen) atoms. The SMILES string of the molecule is CCCNC(c1ccc(C)cc1)c1ccc(C)cc1Br. The Morgan fingerprint density at radius 1 is 1.00 bits per heavy atom. The zero-order valence-corrected chi connectivity index (χ0v) is 14.0. The molecule has 2 aromatic rings. The molecule has 1 nitrogen and oxygen atoms in total. The molecule has 0 radical (unpaired) electrons. The number of aryl methyl sites for hydroxylation is 2. The Morgan fingerprint density at radius 2 is 1.65 bits per heavy atom. The van der Waals surface area contributed by atoms with Crippen LogP contribution in [-0.2, 0) is 0 Å². The highest BCUT2D eigenvalue weighted by molar-refractivity contribution is 9.10. The predicted molar refractivity (Wildman–Crippen MR) is 90.2 cm³/mol. The van der Waals surface area contributed by atoms with E-state index in [2.05, 4.69) is 84.5 Å². The van der Waals surface area contributed by atoms with Gasteiger partial charge in [0.15, 0.2) is 0 Å². The lowest BCUT2D eigenvalue weighted by molar-refractivity contribution is 0.597. The summed E-state index contributed by atoms with van der Waals surface area (Å²) in [5.74, 6) is 0. The minimum Gasteiger partial charge on any atom is -0.306 e. The fraction of sp³-hybridized carbons (Fsp3) is 0.333. The summed E-state index contributed by atoms with van der Waals surface area (Å²) in [6.45, 7) is 7.46. The number of hydrogen-bond donors (Lipinski definition) is 1. The molecule has 2 aromatic carbocycles. The first kappa shape index (κ1) is 15.3. The maximum atomic E-state index is 3.71. The van der Waals surface area contributed by atoms with E-state index in [4.69, 9.17) is 0 Å². The third kappa shape index (κ3) is 3.71. The zero-order chi connectivity index (χ0) is 14.5. The van der Waals surface area contributed by atoms with Crippen molar-refractivity contribution in [3.05, 3.63) is 69.2 Å². The highest BCUT2D eigenvalue weighted by atomic mass is 79.9. The fourth-order valence-corrected chi connectivity index (χ4v) is 3.04. The van der Waals surface area contributed by atoms with E-state index in [-0.39, 0.29) is 6.04 Å². The second-order valence-electron chi connectivity index (χ2n) is 5.32. The fourth-order valence-electron chi connectivity index (χ4n) is 2.32. The minimum atomic E-state index is 0.241. The highest BCUT2D eigenvalue weighted by Gasteiger charge is 2.15. The van der Waals surface area contributed by atoms with Crippen molar-refractivity contribution >= 4 is 15.9 Å². The van der Waals surface area contributed by atoms with Gasteiger partial charge in [0.1, 0.15) is 0 Å². The van der Waals surface area contributed by atoms with E-state index in [1.807, 2.05) is 0 Å². The van der Waals surface area contributed by atoms with E-state index < -0.39 is 0 Å². The van der Waals surface area contributed by atoms with Crippen LogP contribution in [0.25, 0.3) is 0 Å². The van der Waals surface area contributed by atoms with Gasteiger partial charge in [-0.3, -0.25) is 0 Å². The molecule has 0 spiro atoms. The molecule has 0 fully saturated rings. The molecule has 2 heteroatoms. The largest absolute Gasteiger partial charge is 0.306 e. The van der Waals surface area contributed by atoms with Crippen molar-refractivity contribution in [3.63, 3.8) is 0 Å². The molecular formula is C18H22BrN. The van der Waals surface area contributed by atoms with Gasteiger partial charge in [-0.1, -0.05) is 64.8 Å². The van der Waals surface area contributed by atoms with Crippen molar-refractivity contribution in [2.24, 2.45) is 0 Å². The van der Waals surface area contributed by atoms with Gasteiger partial charge >= 0.3 is 0 Å². The van der Waals surface area contributed by atoms with Crippen LogP contribution in [0.1, 0.15) is 41.6 Å². The number of benzene rings is 2. The summed E-state index contributed by atoms with van der Waals surface area (Å²) in [6.07, 6.45) is 1.13. The molecule has 0 saturated carbocycles. The van der Waals surface area contributed by atoms with Crippen LogP contribution in [0.2, 0.25) is 0 Å². The molecule has 0 aliphatic carbocycles. The van der Waals surface area contributed by atoms with Gasteiger partial charge in [0.05, 0.1) is 6.04 Å². The lowest BCUT2D eigenvalue weighted by Crippen LogP contribution is -2.23. The second kappa shape index (κ2) is 7.05. The number of hydrogen-bond acceptors (Lipinski definition) is 1. The van der Waals surface area contributed by atoms with Crippen LogP contribution in [0.15, 0.2) is 46.9 Å². The van der Waals surface area contributed by atoms with Gasteiger partial charge in [-0.2, -0.15) is 0 Å². The normalized spacial score (nSPS) is 12.4. The molecule has 1 N–H and O–H groups in total. The van der Waals surface area contributed by atoms with Crippen molar-refractivity contribution < 1.29 is 0 Å². The van der Waals surface area contributed by atoms with Crippen molar-refractivity contribution in [1.82, 2.24) is 5.32 Å². The van der Waals surface area contributed by atoms with Gasteiger partial charge in [0.25, 0.3) is 0 Å². The maximum absolute atomic E-state index is 3.71. The van der Waals surface area contributed by atoms with Gasteiger partial charge in [0.2, 0.25) is 0 Å². The first-order valence-electron chi connectivity index (χ1n) is 7.18. The van der Waals surface area contributed by atoms with Gasteiger partial charge in [-0.05, 0) is 49.6 Å². The molecular weight excluding hydrogens is 310 g/mol. The summed E-state index contributed by atoms with van der Waals surface area (Å²) < 4.78 is 1.17. The van der Waals surface area contributed by atoms with Gasteiger partial charge in [-0.25, -0.2) is 0 Å². The summed E-state index contributed by atoms with van der Waals surface area (Å²) in [6, 6.07) is 15.6. The van der Waals surface area contributed by atoms with Crippen molar-refractivity contribution in [2.45, 2.75) is 33.2 Å². The van der Waals surface area contributed by atoms with E-state index >= 15 is 0 Å². The lowest BCUT2D eigenvalue weighted by Gasteiger charge is -2.21. The summed E-state index contributed by atoms with van der Waals surface area (Å²) >= 11 is 3.71. The standard InChI is InChI=1S/C18H22BrN/c1-4-11-20-18(15-8-5-13(2)6-9-15)16-10-7-14(3)12-17(16)19/h5-10,12,18,20H,4,11H2,1-3H3.